The van der Waals surface area contributed by atoms with Gasteiger partial charge in [-0.2, -0.15) is 0 Å². The van der Waals surface area contributed by atoms with Crippen molar-refractivity contribution in [2.24, 2.45) is 4.99 Å². The summed E-state index contributed by atoms with van der Waals surface area (Å²) in [5.41, 5.74) is 10.1. The Morgan fingerprint density at radius 3 is 2.27 bits per heavy atom. The van der Waals surface area contributed by atoms with Gasteiger partial charge in [0.25, 0.3) is 0 Å². The van der Waals surface area contributed by atoms with E-state index in [1.165, 1.54) is 16.3 Å². The summed E-state index contributed by atoms with van der Waals surface area (Å²) in [5.74, 6) is 0.263. The second-order valence-corrected chi connectivity index (χ2v) is 16.4. The molecule has 1 N–H and O–H groups in total. The van der Waals surface area contributed by atoms with E-state index in [2.05, 4.69) is 134 Å². The molecule has 0 saturated carbocycles. The number of nitrogens with zero attached hydrogens (tertiary/aromatic N) is 2. The van der Waals surface area contributed by atoms with Crippen LogP contribution in [0.1, 0.15) is 31.9 Å². The van der Waals surface area contributed by atoms with Gasteiger partial charge in [-0.1, -0.05) is 112 Å². The van der Waals surface area contributed by atoms with Crippen LogP contribution in [0, 0.1) is 3.57 Å². The summed E-state index contributed by atoms with van der Waals surface area (Å²) < 4.78 is 8.70. The molecule has 0 amide bonds. The number of halogens is 1. The van der Waals surface area contributed by atoms with E-state index in [1.807, 2.05) is 42.5 Å². The van der Waals surface area contributed by atoms with Crippen LogP contribution in [0.15, 0.2) is 143 Å². The summed E-state index contributed by atoms with van der Waals surface area (Å²) >= 11 is 3.97. The van der Waals surface area contributed by atoms with Crippen LogP contribution in [-0.4, -0.2) is 16.3 Å². The standard InChI is InChI=1S/C46H33IN2O2S/c1-46(2,3)38-25-30(47)22-29(43(38)50)26-48-39-20-8-6-16-36(39)45-49-42-37(35-19-11-18-34-33-15-7-9-21-40(33)51-44(34)35)23-28(24-41(42)52-45)32-17-10-13-27-12-4-5-14-31(27)32/h4-26,50H,1-3H3/b48-26+. The normalized spacial score (nSPS) is 12.2. The van der Waals surface area contributed by atoms with Gasteiger partial charge in [0.15, 0.2) is 0 Å². The minimum Gasteiger partial charge on any atom is -0.507 e. The Kier molecular flexibility index (Phi) is 7.97. The van der Waals surface area contributed by atoms with Gasteiger partial charge in [0.1, 0.15) is 21.9 Å². The average molecular weight is 805 g/mol. The lowest BCUT2D eigenvalue weighted by molar-refractivity contribution is 0.445. The van der Waals surface area contributed by atoms with E-state index < -0.39 is 0 Å². The number of hydrogen-bond donors (Lipinski definition) is 1. The lowest BCUT2D eigenvalue weighted by atomic mass is 9.85. The first kappa shape index (κ1) is 32.6. The van der Waals surface area contributed by atoms with E-state index >= 15 is 0 Å². The molecule has 2 heterocycles. The minimum absolute atomic E-state index is 0.206. The number of thiazole rings is 1. The third-order valence-electron chi connectivity index (χ3n) is 9.68. The molecular weight excluding hydrogens is 771 g/mol. The first-order valence-electron chi connectivity index (χ1n) is 17.2. The molecule has 0 spiro atoms. The summed E-state index contributed by atoms with van der Waals surface area (Å²) in [6, 6.07) is 46.3. The smallest absolute Gasteiger partial charge is 0.143 e. The number of aromatic nitrogens is 1. The van der Waals surface area contributed by atoms with Crippen molar-refractivity contribution in [3.63, 3.8) is 0 Å². The van der Waals surface area contributed by atoms with Crippen molar-refractivity contribution in [3.8, 4) is 38.6 Å². The second-order valence-electron chi connectivity index (χ2n) is 14.1. The summed E-state index contributed by atoms with van der Waals surface area (Å²) in [6.45, 7) is 6.32. The molecule has 0 aliphatic heterocycles. The summed E-state index contributed by atoms with van der Waals surface area (Å²) in [5, 5.41) is 16.7. The first-order valence-corrected chi connectivity index (χ1v) is 19.1. The molecule has 0 saturated heterocycles. The van der Waals surface area contributed by atoms with Crippen molar-refractivity contribution < 1.29 is 9.52 Å². The van der Waals surface area contributed by atoms with E-state index in [0.29, 0.717) is 5.56 Å². The van der Waals surface area contributed by atoms with Gasteiger partial charge in [0, 0.05) is 48.4 Å². The number of phenols is 1. The van der Waals surface area contributed by atoms with Crippen LogP contribution in [0.4, 0.5) is 5.69 Å². The second kappa shape index (κ2) is 12.7. The van der Waals surface area contributed by atoms with Crippen LogP contribution in [0.2, 0.25) is 0 Å². The maximum Gasteiger partial charge on any atom is 0.143 e. The maximum absolute atomic E-state index is 11.2. The molecule has 0 fully saturated rings. The molecule has 9 rings (SSSR count). The lowest BCUT2D eigenvalue weighted by Crippen LogP contribution is -2.12. The highest BCUT2D eigenvalue weighted by Crippen LogP contribution is 2.45. The zero-order chi connectivity index (χ0) is 35.6. The van der Waals surface area contributed by atoms with E-state index in [4.69, 9.17) is 14.4 Å². The van der Waals surface area contributed by atoms with Crippen LogP contribution < -0.4 is 0 Å². The van der Waals surface area contributed by atoms with Crippen molar-refractivity contribution in [2.75, 3.05) is 0 Å². The van der Waals surface area contributed by atoms with Crippen molar-refractivity contribution >= 4 is 88.8 Å². The number of aliphatic imine (C=N–C) groups is 1. The molecule has 0 bridgehead atoms. The Hall–Kier alpha value is -5.31. The van der Waals surface area contributed by atoms with Gasteiger partial charge in [-0.25, -0.2) is 4.98 Å². The van der Waals surface area contributed by atoms with Gasteiger partial charge in [0.2, 0.25) is 0 Å². The van der Waals surface area contributed by atoms with Crippen LogP contribution in [0.25, 0.3) is 75.8 Å². The number of benzene rings is 7. The fourth-order valence-corrected chi connectivity index (χ4v) is 8.85. The van der Waals surface area contributed by atoms with E-state index in [1.54, 1.807) is 17.6 Å². The van der Waals surface area contributed by atoms with Crippen LogP contribution in [-0.2, 0) is 5.41 Å². The largest absolute Gasteiger partial charge is 0.507 e. The third kappa shape index (κ3) is 5.67. The highest BCUT2D eigenvalue weighted by Gasteiger charge is 2.22. The van der Waals surface area contributed by atoms with Gasteiger partial charge >= 0.3 is 0 Å². The Labute approximate surface area is 319 Å². The maximum atomic E-state index is 11.2. The molecule has 52 heavy (non-hydrogen) atoms. The third-order valence-corrected chi connectivity index (χ3v) is 11.3. The van der Waals surface area contributed by atoms with Gasteiger partial charge < -0.3 is 9.52 Å². The summed E-state index contributed by atoms with van der Waals surface area (Å²) in [4.78, 5) is 10.3. The van der Waals surface area contributed by atoms with Crippen LogP contribution >= 0.6 is 33.9 Å². The highest BCUT2D eigenvalue weighted by molar-refractivity contribution is 14.1. The molecular formula is C46H33IN2O2S. The van der Waals surface area contributed by atoms with Crippen molar-refractivity contribution in [2.45, 2.75) is 26.2 Å². The Bertz CT molecular complexity index is 2870. The Balaban J connectivity index is 1.25. The Morgan fingerprint density at radius 1 is 0.712 bits per heavy atom. The summed E-state index contributed by atoms with van der Waals surface area (Å²) in [7, 11) is 0. The number of rotatable bonds is 5. The molecule has 4 nitrogen and oxygen atoms in total. The molecule has 6 heteroatoms. The molecule has 2 aromatic heterocycles. The quantitative estimate of drug-likeness (QED) is 0.139. The number of aromatic hydroxyl groups is 1. The molecule has 0 aliphatic rings. The number of fused-ring (bicyclic) bond motifs is 5. The topological polar surface area (TPSA) is 58.6 Å². The average Bonchev–Trinajstić information content (AvgIpc) is 3.76. The van der Waals surface area contributed by atoms with Crippen molar-refractivity contribution in [1.29, 1.82) is 0 Å². The highest BCUT2D eigenvalue weighted by atomic mass is 127. The number of phenolic OH excluding ortho intramolecular Hbond substituents is 1. The predicted molar refractivity (Wildman–Crippen MR) is 227 cm³/mol. The zero-order valence-corrected chi connectivity index (χ0v) is 31.8. The lowest BCUT2D eigenvalue weighted by Gasteiger charge is -2.21. The fraction of sp³-hybridized carbons (Fsp3) is 0.0870. The summed E-state index contributed by atoms with van der Waals surface area (Å²) in [6.07, 6.45) is 1.77. The van der Waals surface area contributed by atoms with Gasteiger partial charge in [-0.15, -0.1) is 11.3 Å². The molecule has 0 atom stereocenters. The van der Waals surface area contributed by atoms with Crippen molar-refractivity contribution in [3.05, 3.63) is 148 Å². The molecule has 9 aromatic rings. The predicted octanol–water partition coefficient (Wildman–Crippen LogP) is 13.7. The fourth-order valence-electron chi connectivity index (χ4n) is 7.14. The number of para-hydroxylation sites is 3. The molecule has 0 radical (unpaired) electrons. The number of furan rings is 1. The van der Waals surface area contributed by atoms with Crippen LogP contribution in [0.5, 0.6) is 5.75 Å². The van der Waals surface area contributed by atoms with E-state index in [9.17, 15) is 5.11 Å². The van der Waals surface area contributed by atoms with Crippen LogP contribution in [0.3, 0.4) is 0 Å². The zero-order valence-electron chi connectivity index (χ0n) is 28.8. The Morgan fingerprint density at radius 2 is 1.40 bits per heavy atom. The number of hydrogen-bond acceptors (Lipinski definition) is 5. The minimum atomic E-state index is -0.206. The van der Waals surface area contributed by atoms with Gasteiger partial charge in [-0.05, 0) is 92.4 Å². The molecule has 0 aliphatic carbocycles. The van der Waals surface area contributed by atoms with Crippen molar-refractivity contribution in [1.82, 2.24) is 4.98 Å². The molecule has 252 valence electrons. The monoisotopic (exact) mass is 804 g/mol. The van der Waals surface area contributed by atoms with Gasteiger partial charge in [0.05, 0.1) is 15.9 Å². The molecule has 7 aromatic carbocycles. The van der Waals surface area contributed by atoms with E-state index in [-0.39, 0.29) is 11.2 Å². The van der Waals surface area contributed by atoms with E-state index in [0.717, 1.165) is 74.2 Å². The SMILES string of the molecule is CC(C)(C)c1cc(I)cc(/C=N/c2ccccc2-c2nc3c(-c4cccc5c4oc4ccccc45)cc(-c4cccc5ccccc45)cc3s2)c1O. The van der Waals surface area contributed by atoms with Gasteiger partial charge in [-0.3, -0.25) is 4.99 Å². The first-order chi connectivity index (χ1) is 25.2. The molecule has 0 unspecified atom stereocenters.